The molecule has 3 fully saturated rings. The van der Waals surface area contributed by atoms with Crippen LogP contribution in [0.2, 0.25) is 5.02 Å². The Morgan fingerprint density at radius 1 is 0.977 bits per heavy atom. The Labute approximate surface area is 264 Å². The van der Waals surface area contributed by atoms with Crippen molar-refractivity contribution in [3.8, 4) is 0 Å². The molecule has 1 saturated carbocycles. The summed E-state index contributed by atoms with van der Waals surface area (Å²) in [6.45, 7) is 20.6. The first-order valence-electron chi connectivity index (χ1n) is 16.4. The van der Waals surface area contributed by atoms with E-state index in [4.69, 9.17) is 21.3 Å². The first-order valence-corrected chi connectivity index (χ1v) is 16.7. The zero-order valence-electron chi connectivity index (χ0n) is 27.7. The third-order valence-electron chi connectivity index (χ3n) is 10.3. The summed E-state index contributed by atoms with van der Waals surface area (Å²) in [5.41, 5.74) is 0.887. The maximum atomic E-state index is 14.8. The predicted molar refractivity (Wildman–Crippen MR) is 174 cm³/mol. The average Bonchev–Trinajstić information content (AvgIpc) is 3.68. The quantitative estimate of drug-likeness (QED) is 0.386. The smallest absolute Gasteiger partial charge is 0.228 e. The lowest BCUT2D eigenvalue weighted by molar-refractivity contribution is -0.147. The molecule has 0 N–H and O–H groups in total. The summed E-state index contributed by atoms with van der Waals surface area (Å²) in [6, 6.07) is 7.88. The molecule has 1 aliphatic carbocycles. The minimum atomic E-state index is -0.500. The number of aliphatic imine (C=N–C) groups is 1. The molecular formula is C35H53ClN4O3. The highest BCUT2D eigenvalue weighted by Crippen LogP contribution is 2.42. The Balaban J connectivity index is 1.47. The van der Waals surface area contributed by atoms with Crippen molar-refractivity contribution in [3.63, 3.8) is 0 Å². The van der Waals surface area contributed by atoms with Crippen molar-refractivity contribution < 1.29 is 14.3 Å². The molecule has 1 aromatic carbocycles. The van der Waals surface area contributed by atoms with Crippen LogP contribution >= 0.6 is 11.6 Å². The van der Waals surface area contributed by atoms with Crippen molar-refractivity contribution in [1.29, 1.82) is 0 Å². The Morgan fingerprint density at radius 2 is 1.63 bits per heavy atom. The fraction of sp³-hybridized carbons (Fsp3) is 0.743. The summed E-state index contributed by atoms with van der Waals surface area (Å²) in [7, 11) is 0. The molecule has 238 valence electrons. The number of nitrogens with zero attached hydrogens (tertiary/aromatic N) is 4. The molecule has 3 aliphatic heterocycles. The molecular weight excluding hydrogens is 560 g/mol. The number of likely N-dealkylation sites (tertiary alicyclic amines) is 2. The molecule has 2 amide bonds. The first-order chi connectivity index (χ1) is 20.0. The number of ether oxygens (including phenoxy) is 1. The summed E-state index contributed by atoms with van der Waals surface area (Å²) in [6.07, 6.45) is 4.89. The SMILES string of the molecule is CC1(C)CCC(N(C(=O)C(C)(C)C)[C@H]2C[C@@H](C3=NCCO3)N(C(=O)[C@@H]3CN(C(C)(C)C)C[C@H]3c3ccc(Cl)cc3)C2)CC1. The molecule has 43 heavy (non-hydrogen) atoms. The van der Waals surface area contributed by atoms with E-state index in [0.29, 0.717) is 49.0 Å². The molecule has 0 radical (unpaired) electrons. The van der Waals surface area contributed by atoms with Crippen molar-refractivity contribution in [2.75, 3.05) is 32.8 Å². The van der Waals surface area contributed by atoms with Crippen LogP contribution in [0.5, 0.6) is 0 Å². The van der Waals surface area contributed by atoms with Crippen LogP contribution in [-0.2, 0) is 14.3 Å². The highest BCUT2D eigenvalue weighted by atomic mass is 35.5. The number of carbonyl (C=O) groups is 2. The average molecular weight is 613 g/mol. The summed E-state index contributed by atoms with van der Waals surface area (Å²) < 4.78 is 6.04. The number of amides is 2. The molecule has 4 atom stereocenters. The van der Waals surface area contributed by atoms with E-state index in [2.05, 4.69) is 56.6 Å². The third-order valence-corrected chi connectivity index (χ3v) is 10.6. The lowest BCUT2D eigenvalue weighted by atomic mass is 9.74. The van der Waals surface area contributed by atoms with Crippen molar-refractivity contribution in [2.24, 2.45) is 21.7 Å². The normalized spacial score (nSPS) is 28.6. The van der Waals surface area contributed by atoms with Crippen LogP contribution in [0.1, 0.15) is 99.0 Å². The van der Waals surface area contributed by atoms with Crippen LogP contribution in [0.25, 0.3) is 0 Å². The number of benzene rings is 1. The van der Waals surface area contributed by atoms with Crippen LogP contribution in [0.4, 0.5) is 0 Å². The van der Waals surface area contributed by atoms with Gasteiger partial charge in [-0.05, 0) is 76.0 Å². The lowest BCUT2D eigenvalue weighted by Crippen LogP contribution is -2.54. The fourth-order valence-corrected chi connectivity index (χ4v) is 7.71. The highest BCUT2D eigenvalue weighted by Gasteiger charge is 2.51. The van der Waals surface area contributed by atoms with Gasteiger partial charge in [-0.2, -0.15) is 0 Å². The van der Waals surface area contributed by atoms with Crippen molar-refractivity contribution in [3.05, 3.63) is 34.9 Å². The molecule has 0 unspecified atom stereocenters. The zero-order valence-corrected chi connectivity index (χ0v) is 28.4. The van der Waals surface area contributed by atoms with Gasteiger partial charge >= 0.3 is 0 Å². The van der Waals surface area contributed by atoms with Gasteiger partial charge in [0, 0.05) is 47.6 Å². The van der Waals surface area contributed by atoms with Gasteiger partial charge in [0.05, 0.1) is 18.5 Å². The standard InChI is InChI=1S/C35H53ClN4O3/c1-33(2,3)32(42)40(25-13-15-35(7,8)16-14-25)26-19-29(30-37-17-18-43-30)39(20-26)31(41)28-22-38(34(4,5)6)21-27(28)23-9-11-24(36)12-10-23/h9-12,25-29H,13-22H2,1-8H3/t26-,27-,28+,29-/m0/s1. The summed E-state index contributed by atoms with van der Waals surface area (Å²) in [5.74, 6) is 0.847. The minimum Gasteiger partial charge on any atom is -0.478 e. The third kappa shape index (κ3) is 6.93. The largest absolute Gasteiger partial charge is 0.478 e. The van der Waals surface area contributed by atoms with E-state index in [1.165, 1.54) is 0 Å². The van der Waals surface area contributed by atoms with Crippen LogP contribution in [0, 0.1) is 16.7 Å². The molecule has 0 aromatic heterocycles. The lowest BCUT2D eigenvalue weighted by Gasteiger charge is -2.45. The van der Waals surface area contributed by atoms with Gasteiger partial charge in [-0.1, -0.05) is 58.4 Å². The Morgan fingerprint density at radius 3 is 2.19 bits per heavy atom. The van der Waals surface area contributed by atoms with Crippen molar-refractivity contribution in [1.82, 2.24) is 14.7 Å². The van der Waals surface area contributed by atoms with Gasteiger partial charge in [0.2, 0.25) is 17.7 Å². The van der Waals surface area contributed by atoms with Gasteiger partial charge in [-0.25, -0.2) is 0 Å². The number of hydrogen-bond acceptors (Lipinski definition) is 5. The topological polar surface area (TPSA) is 65.5 Å². The van der Waals surface area contributed by atoms with Crippen LogP contribution in [0.15, 0.2) is 29.3 Å². The zero-order chi connectivity index (χ0) is 31.3. The minimum absolute atomic E-state index is 0.0583. The van der Waals surface area contributed by atoms with Crippen molar-refractivity contribution >= 4 is 29.3 Å². The van der Waals surface area contributed by atoms with Gasteiger partial charge in [-0.3, -0.25) is 19.5 Å². The van der Waals surface area contributed by atoms with Gasteiger partial charge < -0.3 is 14.5 Å². The van der Waals surface area contributed by atoms with E-state index in [-0.39, 0.29) is 47.3 Å². The monoisotopic (exact) mass is 612 g/mol. The molecule has 7 nitrogen and oxygen atoms in total. The Hall–Kier alpha value is -2.12. The molecule has 0 bridgehead atoms. The van der Waals surface area contributed by atoms with E-state index in [1.54, 1.807) is 0 Å². The molecule has 0 spiro atoms. The predicted octanol–water partition coefficient (Wildman–Crippen LogP) is 6.40. The summed E-state index contributed by atoms with van der Waals surface area (Å²) in [4.78, 5) is 40.3. The first kappa shape index (κ1) is 32.3. The molecule has 1 aromatic rings. The fourth-order valence-electron chi connectivity index (χ4n) is 7.59. The summed E-state index contributed by atoms with van der Waals surface area (Å²) in [5, 5.41) is 0.700. The second-order valence-corrected chi connectivity index (χ2v) is 16.6. The van der Waals surface area contributed by atoms with E-state index in [9.17, 15) is 9.59 Å². The van der Waals surface area contributed by atoms with Gasteiger partial charge in [0.15, 0.2) is 0 Å². The van der Waals surface area contributed by atoms with Crippen LogP contribution in [0.3, 0.4) is 0 Å². The number of hydrogen-bond donors (Lipinski definition) is 0. The Kier molecular flexibility index (Phi) is 9.01. The van der Waals surface area contributed by atoms with Crippen molar-refractivity contribution in [2.45, 2.75) is 117 Å². The van der Waals surface area contributed by atoms with Gasteiger partial charge in [0.1, 0.15) is 12.6 Å². The van der Waals surface area contributed by atoms with E-state index in [0.717, 1.165) is 37.8 Å². The van der Waals surface area contributed by atoms with Gasteiger partial charge in [-0.15, -0.1) is 0 Å². The van der Waals surface area contributed by atoms with Gasteiger partial charge in [0.25, 0.3) is 0 Å². The second kappa shape index (κ2) is 12.0. The highest BCUT2D eigenvalue weighted by molar-refractivity contribution is 6.30. The summed E-state index contributed by atoms with van der Waals surface area (Å²) >= 11 is 6.25. The van der Waals surface area contributed by atoms with Crippen LogP contribution < -0.4 is 0 Å². The molecule has 2 saturated heterocycles. The van der Waals surface area contributed by atoms with E-state index in [1.807, 2.05) is 37.8 Å². The molecule has 4 aliphatic rings. The molecule has 8 heteroatoms. The molecule has 5 rings (SSSR count). The Bertz CT molecular complexity index is 1200. The number of halogens is 1. The number of rotatable bonds is 5. The van der Waals surface area contributed by atoms with E-state index < -0.39 is 5.41 Å². The maximum Gasteiger partial charge on any atom is 0.228 e. The van der Waals surface area contributed by atoms with E-state index >= 15 is 0 Å². The molecule has 3 heterocycles. The maximum absolute atomic E-state index is 14.8. The van der Waals surface area contributed by atoms with Crippen LogP contribution in [-0.4, -0.2) is 88.9 Å². The second-order valence-electron chi connectivity index (χ2n) is 16.2. The number of carbonyl (C=O) groups excluding carboxylic acids is 2.